The third-order valence-electron chi connectivity index (χ3n) is 3.72. The van der Waals surface area contributed by atoms with Crippen LogP contribution >= 0.6 is 12.2 Å². The monoisotopic (exact) mass is 332 g/mol. The Kier molecular flexibility index (Phi) is 6.46. The van der Waals surface area contributed by atoms with Gasteiger partial charge in [0.05, 0.1) is 11.4 Å². The van der Waals surface area contributed by atoms with Crippen LogP contribution in [0.5, 0.6) is 0 Å². The van der Waals surface area contributed by atoms with Crippen molar-refractivity contribution in [2.75, 3.05) is 24.5 Å². The highest BCUT2D eigenvalue weighted by molar-refractivity contribution is 7.80. The van der Waals surface area contributed by atoms with Gasteiger partial charge < -0.3 is 15.6 Å². The van der Waals surface area contributed by atoms with Crippen molar-refractivity contribution in [1.82, 2.24) is 15.7 Å². The molecule has 0 aliphatic carbocycles. The molecule has 7 heteroatoms. The molecule has 2 rings (SSSR count). The van der Waals surface area contributed by atoms with Crippen molar-refractivity contribution in [2.24, 2.45) is 5.10 Å². The second kappa shape index (κ2) is 8.57. The fraction of sp³-hybridized carbons (Fsp3) is 0.500. The summed E-state index contributed by atoms with van der Waals surface area (Å²) < 4.78 is 0. The molecular weight excluding hydrogens is 308 g/mol. The lowest BCUT2D eigenvalue weighted by Gasteiger charge is -2.16. The first-order chi connectivity index (χ1) is 11.1. The number of hydrazone groups is 1. The lowest BCUT2D eigenvalue weighted by molar-refractivity contribution is 0.901. The van der Waals surface area contributed by atoms with Crippen LogP contribution in [0.4, 0.5) is 5.82 Å². The van der Waals surface area contributed by atoms with Gasteiger partial charge in [-0.2, -0.15) is 5.10 Å². The predicted molar refractivity (Wildman–Crippen MR) is 99.6 cm³/mol. The Morgan fingerprint density at radius 1 is 1.39 bits per heavy atom. The van der Waals surface area contributed by atoms with E-state index in [1.807, 2.05) is 25.3 Å². The van der Waals surface area contributed by atoms with Crippen LogP contribution in [-0.4, -0.2) is 41.2 Å². The fourth-order valence-electron chi connectivity index (χ4n) is 2.39. The molecule has 1 aromatic heterocycles. The van der Waals surface area contributed by atoms with E-state index in [-0.39, 0.29) is 0 Å². The number of hydrogen-bond acceptors (Lipinski definition) is 5. The first-order valence-corrected chi connectivity index (χ1v) is 8.36. The van der Waals surface area contributed by atoms with E-state index >= 15 is 0 Å². The maximum atomic E-state index is 8.13. The molecule has 2 heterocycles. The van der Waals surface area contributed by atoms with E-state index in [0.717, 1.165) is 31.0 Å². The number of anilines is 1. The zero-order chi connectivity index (χ0) is 16.7. The lowest BCUT2D eigenvalue weighted by atomic mass is 10.1. The van der Waals surface area contributed by atoms with E-state index in [1.54, 1.807) is 6.92 Å². The number of aromatic nitrogens is 1. The van der Waals surface area contributed by atoms with E-state index in [2.05, 4.69) is 25.7 Å². The van der Waals surface area contributed by atoms with Gasteiger partial charge in [0.1, 0.15) is 5.82 Å². The van der Waals surface area contributed by atoms with Crippen LogP contribution in [0.2, 0.25) is 0 Å². The summed E-state index contributed by atoms with van der Waals surface area (Å²) in [5, 5.41) is 15.7. The average Bonchev–Trinajstić information content (AvgIpc) is 3.08. The molecule has 0 radical (unpaired) electrons. The highest BCUT2D eigenvalue weighted by Crippen LogP contribution is 2.17. The third kappa shape index (κ3) is 5.28. The van der Waals surface area contributed by atoms with Crippen LogP contribution in [-0.2, 0) is 6.42 Å². The zero-order valence-electron chi connectivity index (χ0n) is 13.7. The molecule has 23 heavy (non-hydrogen) atoms. The number of rotatable bonds is 6. The average molecular weight is 332 g/mol. The first-order valence-electron chi connectivity index (χ1n) is 7.96. The molecule has 1 aliphatic heterocycles. The molecular formula is C16H24N6S. The van der Waals surface area contributed by atoms with Gasteiger partial charge in [-0.15, -0.1) is 0 Å². The summed E-state index contributed by atoms with van der Waals surface area (Å²) in [7, 11) is 0. The van der Waals surface area contributed by atoms with Crippen molar-refractivity contribution >= 4 is 34.6 Å². The highest BCUT2D eigenvalue weighted by atomic mass is 32.1. The van der Waals surface area contributed by atoms with Crippen molar-refractivity contribution in [3.8, 4) is 0 Å². The van der Waals surface area contributed by atoms with Crippen molar-refractivity contribution in [3.05, 3.63) is 23.9 Å². The maximum absolute atomic E-state index is 8.13. The molecule has 0 unspecified atom stereocenters. The summed E-state index contributed by atoms with van der Waals surface area (Å²) in [5.41, 5.74) is 4.83. The fourth-order valence-corrected chi connectivity index (χ4v) is 2.58. The van der Waals surface area contributed by atoms with Crippen LogP contribution in [0, 0.1) is 5.41 Å². The SMILES string of the molecule is CCNC(=S)N/N=C(\C)C(=N)Cc1ccc(N2CCCC2)nc1. The molecule has 0 saturated carbocycles. The van der Waals surface area contributed by atoms with Crippen molar-refractivity contribution in [2.45, 2.75) is 33.1 Å². The lowest BCUT2D eigenvalue weighted by Crippen LogP contribution is -2.33. The molecule has 1 saturated heterocycles. The third-order valence-corrected chi connectivity index (χ3v) is 3.95. The van der Waals surface area contributed by atoms with Gasteiger partial charge in [0.2, 0.25) is 0 Å². The standard InChI is InChI=1S/C16H24N6S/c1-3-18-16(23)21-20-12(2)14(17)10-13-6-7-15(19-11-13)22-8-4-5-9-22/h6-7,11,17H,3-5,8-10H2,1-2H3,(H2,18,21,23)/b17-14?,20-12+. The second-order valence-corrected chi connectivity index (χ2v) is 5.95. The van der Waals surface area contributed by atoms with Crippen LogP contribution in [0.1, 0.15) is 32.3 Å². The van der Waals surface area contributed by atoms with Gasteiger partial charge in [0.25, 0.3) is 0 Å². The van der Waals surface area contributed by atoms with Gasteiger partial charge in [-0.25, -0.2) is 4.98 Å². The molecule has 0 spiro atoms. The van der Waals surface area contributed by atoms with Gasteiger partial charge in [0, 0.05) is 32.3 Å². The zero-order valence-corrected chi connectivity index (χ0v) is 14.5. The van der Waals surface area contributed by atoms with Crippen molar-refractivity contribution < 1.29 is 0 Å². The molecule has 0 bridgehead atoms. The molecule has 0 amide bonds. The minimum Gasteiger partial charge on any atom is -0.362 e. The topological polar surface area (TPSA) is 76.4 Å². The Morgan fingerprint density at radius 2 is 2.13 bits per heavy atom. The molecule has 124 valence electrons. The maximum Gasteiger partial charge on any atom is 0.186 e. The van der Waals surface area contributed by atoms with Gasteiger partial charge >= 0.3 is 0 Å². The van der Waals surface area contributed by atoms with Gasteiger partial charge in [0.15, 0.2) is 5.11 Å². The second-order valence-electron chi connectivity index (χ2n) is 5.54. The Morgan fingerprint density at radius 3 is 2.74 bits per heavy atom. The van der Waals surface area contributed by atoms with E-state index < -0.39 is 0 Å². The van der Waals surface area contributed by atoms with E-state index in [1.165, 1.54) is 12.8 Å². The summed E-state index contributed by atoms with van der Waals surface area (Å²) >= 11 is 5.04. The van der Waals surface area contributed by atoms with Gasteiger partial charge in [-0.05, 0) is 50.5 Å². The molecule has 1 aliphatic rings. The van der Waals surface area contributed by atoms with E-state index in [9.17, 15) is 0 Å². The smallest absolute Gasteiger partial charge is 0.186 e. The summed E-state index contributed by atoms with van der Waals surface area (Å²) in [6.07, 6.45) is 4.85. The number of hydrogen-bond donors (Lipinski definition) is 3. The predicted octanol–water partition coefficient (Wildman–Crippen LogP) is 2.10. The largest absolute Gasteiger partial charge is 0.362 e. The number of nitrogens with one attached hydrogen (secondary N) is 3. The normalized spacial score (nSPS) is 14.7. The van der Waals surface area contributed by atoms with Crippen molar-refractivity contribution in [1.29, 1.82) is 5.41 Å². The number of pyridine rings is 1. The molecule has 1 fully saturated rings. The minimum atomic E-state index is 0.451. The summed E-state index contributed by atoms with van der Waals surface area (Å²) in [4.78, 5) is 6.81. The van der Waals surface area contributed by atoms with Gasteiger partial charge in [-0.3, -0.25) is 5.43 Å². The van der Waals surface area contributed by atoms with E-state index in [0.29, 0.717) is 23.0 Å². The highest BCUT2D eigenvalue weighted by Gasteiger charge is 2.13. The Bertz CT molecular complexity index is 575. The van der Waals surface area contributed by atoms with Gasteiger partial charge in [-0.1, -0.05) is 6.07 Å². The number of nitrogens with zero attached hydrogens (tertiary/aromatic N) is 3. The summed E-state index contributed by atoms with van der Waals surface area (Å²) in [5.74, 6) is 1.03. The molecule has 0 aromatic carbocycles. The quantitative estimate of drug-likeness (QED) is 0.422. The van der Waals surface area contributed by atoms with E-state index in [4.69, 9.17) is 17.6 Å². The van der Waals surface area contributed by atoms with Crippen LogP contribution in [0.3, 0.4) is 0 Å². The first kappa shape index (κ1) is 17.3. The van der Waals surface area contributed by atoms with Crippen LogP contribution in [0.15, 0.2) is 23.4 Å². The molecule has 3 N–H and O–H groups in total. The Balaban J connectivity index is 1.89. The summed E-state index contributed by atoms with van der Waals surface area (Å²) in [6, 6.07) is 4.08. The Hall–Kier alpha value is -2.02. The number of thiocarbonyl (C=S) groups is 1. The molecule has 0 atom stereocenters. The molecule has 1 aromatic rings. The Labute approximate surface area is 142 Å². The summed E-state index contributed by atoms with van der Waals surface area (Å²) in [6.45, 7) is 6.69. The van der Waals surface area contributed by atoms with Crippen molar-refractivity contribution in [3.63, 3.8) is 0 Å². The van der Waals surface area contributed by atoms with Crippen LogP contribution in [0.25, 0.3) is 0 Å². The van der Waals surface area contributed by atoms with Crippen LogP contribution < -0.4 is 15.6 Å². The minimum absolute atomic E-state index is 0.451. The molecule has 6 nitrogen and oxygen atoms in total.